The lowest BCUT2D eigenvalue weighted by Crippen LogP contribution is -2.34. The van der Waals surface area contributed by atoms with Gasteiger partial charge in [-0.2, -0.15) is 5.10 Å². The van der Waals surface area contributed by atoms with Crippen LogP contribution in [0.5, 0.6) is 5.88 Å². The first-order valence-corrected chi connectivity index (χ1v) is 8.85. The van der Waals surface area contributed by atoms with Gasteiger partial charge >= 0.3 is 5.69 Å². The summed E-state index contributed by atoms with van der Waals surface area (Å²) in [6.07, 6.45) is 3.15. The molecular weight excluding hydrogens is 374 g/mol. The van der Waals surface area contributed by atoms with Crippen molar-refractivity contribution in [3.63, 3.8) is 0 Å². The van der Waals surface area contributed by atoms with Crippen LogP contribution in [0.1, 0.15) is 34.8 Å². The van der Waals surface area contributed by atoms with Crippen molar-refractivity contribution >= 4 is 11.6 Å². The number of aromatic hydroxyl groups is 1. The van der Waals surface area contributed by atoms with Gasteiger partial charge < -0.3 is 5.11 Å². The van der Waals surface area contributed by atoms with Crippen molar-refractivity contribution in [2.75, 3.05) is 0 Å². The Hall–Kier alpha value is -4.01. The van der Waals surface area contributed by atoms with Crippen LogP contribution in [0, 0.1) is 6.92 Å². The predicted octanol–water partition coefficient (Wildman–Crippen LogP) is 1.48. The maximum absolute atomic E-state index is 12.4. The normalized spacial score (nSPS) is 11.3. The Balaban J connectivity index is 2.05. The van der Waals surface area contributed by atoms with E-state index in [1.54, 1.807) is 31.2 Å². The molecule has 0 atom stereocenters. The van der Waals surface area contributed by atoms with Crippen LogP contribution in [0.15, 0.2) is 63.5 Å². The number of benzene rings is 1. The molecule has 0 fully saturated rings. The zero-order valence-corrected chi connectivity index (χ0v) is 15.8. The van der Waals surface area contributed by atoms with Crippen LogP contribution in [-0.2, 0) is 0 Å². The van der Waals surface area contributed by atoms with Crippen LogP contribution in [0.4, 0.5) is 0 Å². The van der Waals surface area contributed by atoms with E-state index in [4.69, 9.17) is 0 Å². The molecule has 3 N–H and O–H groups in total. The highest BCUT2D eigenvalue weighted by atomic mass is 16.3. The standard InChI is InChI=1S/C20H19N5O4/c1-3-15(23-24-17(26)13-8-10-21-11-9-13)16-18(27)22-20(29)25(19(16)28)14-6-4-12(2)5-7-14/h4-11,28H,3H2,1-2H3,(H,24,26)(H,22,27,29). The monoisotopic (exact) mass is 393 g/mol. The topological polar surface area (TPSA) is 129 Å². The highest BCUT2D eigenvalue weighted by Crippen LogP contribution is 2.18. The lowest BCUT2D eigenvalue weighted by atomic mass is 10.1. The van der Waals surface area contributed by atoms with Crippen molar-refractivity contribution in [3.05, 3.63) is 86.3 Å². The minimum atomic E-state index is -0.797. The van der Waals surface area contributed by atoms with Crippen LogP contribution in [0.2, 0.25) is 0 Å². The van der Waals surface area contributed by atoms with E-state index in [-0.39, 0.29) is 17.7 Å². The second-order valence-electron chi connectivity index (χ2n) is 6.22. The summed E-state index contributed by atoms with van der Waals surface area (Å²) >= 11 is 0. The van der Waals surface area contributed by atoms with Crippen molar-refractivity contribution in [3.8, 4) is 11.6 Å². The molecule has 0 radical (unpaired) electrons. The summed E-state index contributed by atoms with van der Waals surface area (Å²) in [5.74, 6) is -1.05. The maximum atomic E-state index is 12.4. The van der Waals surface area contributed by atoms with Crippen molar-refractivity contribution in [2.24, 2.45) is 5.10 Å². The molecule has 2 aromatic heterocycles. The number of amides is 1. The molecule has 9 nitrogen and oxygen atoms in total. The number of hydrogen-bond acceptors (Lipinski definition) is 6. The van der Waals surface area contributed by atoms with Gasteiger partial charge in [-0.3, -0.25) is 19.6 Å². The SMILES string of the molecule is CCC(=NNC(=O)c1ccncc1)c1c(O)n(-c2ccc(C)cc2)c(=O)[nH]c1=O. The van der Waals surface area contributed by atoms with Gasteiger partial charge in [-0.25, -0.2) is 14.8 Å². The van der Waals surface area contributed by atoms with Gasteiger partial charge in [0.2, 0.25) is 5.88 Å². The molecule has 0 aliphatic rings. The van der Waals surface area contributed by atoms with E-state index in [0.29, 0.717) is 11.3 Å². The van der Waals surface area contributed by atoms with Gasteiger partial charge in [-0.15, -0.1) is 0 Å². The summed E-state index contributed by atoms with van der Waals surface area (Å²) in [4.78, 5) is 42.9. The number of rotatable bonds is 5. The van der Waals surface area contributed by atoms with Crippen molar-refractivity contribution in [2.45, 2.75) is 20.3 Å². The third-order valence-corrected chi connectivity index (χ3v) is 4.24. The molecule has 1 aromatic carbocycles. The number of nitrogens with zero attached hydrogens (tertiary/aromatic N) is 3. The summed E-state index contributed by atoms with van der Waals surface area (Å²) in [5.41, 5.74) is 2.39. The van der Waals surface area contributed by atoms with Crippen molar-refractivity contribution in [1.29, 1.82) is 0 Å². The van der Waals surface area contributed by atoms with Gasteiger partial charge in [0.25, 0.3) is 11.5 Å². The number of carbonyl (C=O) groups is 1. The Morgan fingerprint density at radius 3 is 2.45 bits per heavy atom. The second kappa shape index (κ2) is 8.34. The van der Waals surface area contributed by atoms with Crippen LogP contribution in [0.25, 0.3) is 5.69 Å². The Kier molecular flexibility index (Phi) is 5.68. The van der Waals surface area contributed by atoms with Crippen LogP contribution < -0.4 is 16.7 Å². The molecule has 3 rings (SSSR count). The first kappa shape index (κ1) is 19.7. The zero-order chi connectivity index (χ0) is 21.0. The number of hydrogen-bond donors (Lipinski definition) is 3. The minimum Gasteiger partial charge on any atom is -0.493 e. The van der Waals surface area contributed by atoms with E-state index in [1.807, 2.05) is 6.92 Å². The summed E-state index contributed by atoms with van der Waals surface area (Å²) in [5, 5.41) is 14.7. The van der Waals surface area contributed by atoms with Gasteiger partial charge in [0.15, 0.2) is 0 Å². The lowest BCUT2D eigenvalue weighted by molar-refractivity contribution is 0.0954. The average Bonchev–Trinajstić information content (AvgIpc) is 2.72. The Morgan fingerprint density at radius 1 is 1.17 bits per heavy atom. The van der Waals surface area contributed by atoms with E-state index in [1.165, 1.54) is 24.5 Å². The maximum Gasteiger partial charge on any atom is 0.335 e. The highest BCUT2D eigenvalue weighted by Gasteiger charge is 2.20. The summed E-state index contributed by atoms with van der Waals surface area (Å²) in [7, 11) is 0. The zero-order valence-electron chi connectivity index (χ0n) is 15.8. The highest BCUT2D eigenvalue weighted by molar-refractivity contribution is 6.03. The van der Waals surface area contributed by atoms with E-state index in [9.17, 15) is 19.5 Å². The predicted molar refractivity (Wildman–Crippen MR) is 108 cm³/mol. The van der Waals surface area contributed by atoms with Crippen LogP contribution >= 0.6 is 0 Å². The fourth-order valence-corrected chi connectivity index (χ4v) is 2.72. The quantitative estimate of drug-likeness (QED) is 0.447. The minimum absolute atomic E-state index is 0.118. The van der Waals surface area contributed by atoms with Crippen molar-refractivity contribution < 1.29 is 9.90 Å². The number of H-pyrrole nitrogens is 1. The van der Waals surface area contributed by atoms with Gasteiger partial charge in [-0.1, -0.05) is 24.6 Å². The fraction of sp³-hybridized carbons (Fsp3) is 0.150. The third kappa shape index (κ3) is 4.13. The second-order valence-corrected chi connectivity index (χ2v) is 6.22. The molecule has 0 spiro atoms. The Bertz CT molecular complexity index is 1180. The Morgan fingerprint density at radius 2 is 1.83 bits per heavy atom. The van der Waals surface area contributed by atoms with Crippen molar-refractivity contribution in [1.82, 2.24) is 20.0 Å². The lowest BCUT2D eigenvalue weighted by Gasteiger charge is -2.12. The molecule has 148 valence electrons. The molecular formula is C20H19N5O4. The molecule has 2 heterocycles. The number of aromatic amines is 1. The number of aromatic nitrogens is 3. The third-order valence-electron chi connectivity index (χ3n) is 4.24. The largest absolute Gasteiger partial charge is 0.493 e. The molecule has 0 unspecified atom stereocenters. The molecule has 0 saturated carbocycles. The fourth-order valence-electron chi connectivity index (χ4n) is 2.72. The average molecular weight is 393 g/mol. The number of carbonyl (C=O) groups excluding carboxylic acids is 1. The van der Waals surface area contributed by atoms with Crippen LogP contribution in [-0.4, -0.2) is 31.3 Å². The first-order valence-electron chi connectivity index (χ1n) is 8.85. The van der Waals surface area contributed by atoms with E-state index >= 15 is 0 Å². The van der Waals surface area contributed by atoms with E-state index in [2.05, 4.69) is 20.5 Å². The molecule has 0 aliphatic carbocycles. The Labute approximate surface area is 165 Å². The number of pyridine rings is 1. The molecule has 0 saturated heterocycles. The van der Waals surface area contributed by atoms with Gasteiger partial charge in [0.05, 0.1) is 11.4 Å². The first-order chi connectivity index (χ1) is 13.9. The van der Waals surface area contributed by atoms with E-state index in [0.717, 1.165) is 10.1 Å². The molecule has 3 aromatic rings. The van der Waals surface area contributed by atoms with Gasteiger partial charge in [0.1, 0.15) is 5.56 Å². The smallest absolute Gasteiger partial charge is 0.335 e. The van der Waals surface area contributed by atoms with Gasteiger partial charge in [0, 0.05) is 18.0 Å². The summed E-state index contributed by atoms with van der Waals surface area (Å²) in [6, 6.07) is 9.86. The van der Waals surface area contributed by atoms with Crippen LogP contribution in [0.3, 0.4) is 0 Å². The molecule has 29 heavy (non-hydrogen) atoms. The summed E-state index contributed by atoms with van der Waals surface area (Å²) in [6.45, 7) is 3.59. The molecule has 1 amide bonds. The molecule has 0 aliphatic heterocycles. The number of hydrazone groups is 1. The molecule has 9 heteroatoms. The number of aryl methyl sites for hydroxylation is 1. The van der Waals surface area contributed by atoms with E-state index < -0.39 is 23.0 Å². The summed E-state index contributed by atoms with van der Waals surface area (Å²) < 4.78 is 0.978. The van der Waals surface area contributed by atoms with Gasteiger partial charge in [-0.05, 0) is 37.6 Å². The number of nitrogens with one attached hydrogen (secondary N) is 2. The molecule has 0 bridgehead atoms.